The van der Waals surface area contributed by atoms with Crippen LogP contribution in [-0.2, 0) is 19.6 Å². The number of ether oxygens (including phenoxy) is 3. The van der Waals surface area contributed by atoms with Crippen LogP contribution in [0.5, 0.6) is 17.2 Å². The second kappa shape index (κ2) is 8.12. The number of aromatic nitrogens is 3. The number of pyridine rings is 3. The molecule has 0 N–H and O–H groups in total. The molecule has 0 spiro atoms. The van der Waals surface area contributed by atoms with Crippen molar-refractivity contribution in [3.05, 3.63) is 66.0 Å². The lowest BCUT2D eigenvalue weighted by Gasteiger charge is -2.30. The van der Waals surface area contributed by atoms with Crippen molar-refractivity contribution in [2.24, 2.45) is 0 Å². The van der Waals surface area contributed by atoms with E-state index < -0.39 is 0 Å². The molecule has 28 heavy (non-hydrogen) atoms. The number of methoxy groups -OCH3 is 2. The predicted octanol–water partition coefficient (Wildman–Crippen LogP) is 3.03. The first-order valence-electron chi connectivity index (χ1n) is 9.08. The lowest BCUT2D eigenvalue weighted by Crippen LogP contribution is -2.31. The van der Waals surface area contributed by atoms with Crippen LogP contribution < -0.4 is 19.1 Å². The van der Waals surface area contributed by atoms with Crippen molar-refractivity contribution in [3.8, 4) is 17.2 Å². The molecule has 144 valence electrons. The molecule has 0 bridgehead atoms. The van der Waals surface area contributed by atoms with Gasteiger partial charge in [-0.1, -0.05) is 0 Å². The zero-order chi connectivity index (χ0) is 19.3. The molecule has 0 saturated heterocycles. The van der Waals surface area contributed by atoms with Gasteiger partial charge in [0.05, 0.1) is 50.4 Å². The maximum Gasteiger partial charge on any atom is 0.139 e. The van der Waals surface area contributed by atoms with E-state index in [9.17, 15) is 0 Å². The third-order valence-electron chi connectivity index (χ3n) is 4.73. The Hall–Kier alpha value is -3.35. The van der Waals surface area contributed by atoms with Crippen molar-refractivity contribution >= 4 is 5.69 Å². The number of hydrogen-bond acceptors (Lipinski definition) is 7. The highest BCUT2D eigenvalue weighted by Crippen LogP contribution is 2.27. The Balaban J connectivity index is 1.45. The molecule has 1 aliphatic rings. The minimum atomic E-state index is 0.383. The average Bonchev–Trinajstić information content (AvgIpc) is 2.77. The minimum absolute atomic E-state index is 0.383. The van der Waals surface area contributed by atoms with E-state index in [-0.39, 0.29) is 0 Å². The maximum absolute atomic E-state index is 5.89. The van der Waals surface area contributed by atoms with Crippen LogP contribution in [0.25, 0.3) is 0 Å². The third kappa shape index (κ3) is 3.98. The fourth-order valence-corrected chi connectivity index (χ4v) is 3.17. The third-order valence-corrected chi connectivity index (χ3v) is 4.73. The van der Waals surface area contributed by atoms with Crippen LogP contribution >= 0.6 is 0 Å². The second-order valence-corrected chi connectivity index (χ2v) is 6.51. The van der Waals surface area contributed by atoms with Gasteiger partial charge >= 0.3 is 0 Å². The summed E-state index contributed by atoms with van der Waals surface area (Å²) in [6, 6.07) is 7.83. The van der Waals surface area contributed by atoms with E-state index in [1.165, 1.54) is 0 Å². The molecule has 0 saturated carbocycles. The lowest BCUT2D eigenvalue weighted by molar-refractivity contribution is 0.299. The molecule has 0 fully saturated rings. The summed E-state index contributed by atoms with van der Waals surface area (Å²) >= 11 is 0. The summed E-state index contributed by atoms with van der Waals surface area (Å²) in [7, 11) is 3.27. The molecule has 0 amide bonds. The van der Waals surface area contributed by atoms with Crippen LogP contribution in [0.4, 0.5) is 5.69 Å². The van der Waals surface area contributed by atoms with Crippen LogP contribution in [0, 0.1) is 0 Å². The second-order valence-electron chi connectivity index (χ2n) is 6.51. The normalized spacial score (nSPS) is 13.0. The van der Waals surface area contributed by atoms with Gasteiger partial charge < -0.3 is 19.1 Å². The molecule has 1 aliphatic heterocycles. The molecule has 4 rings (SSSR count). The fourth-order valence-electron chi connectivity index (χ4n) is 3.17. The van der Waals surface area contributed by atoms with Crippen LogP contribution in [0.1, 0.15) is 17.0 Å². The average molecular weight is 378 g/mol. The lowest BCUT2D eigenvalue weighted by atomic mass is 10.1. The Labute approximate surface area is 163 Å². The van der Waals surface area contributed by atoms with Crippen LogP contribution in [0.3, 0.4) is 0 Å². The van der Waals surface area contributed by atoms with Gasteiger partial charge in [0.2, 0.25) is 0 Å². The molecule has 0 aromatic carbocycles. The molecule has 0 radical (unpaired) electrons. The van der Waals surface area contributed by atoms with Gasteiger partial charge in [-0.3, -0.25) is 15.0 Å². The van der Waals surface area contributed by atoms with Gasteiger partial charge in [0.15, 0.2) is 0 Å². The SMILES string of the molecule is COc1ccc(COc2cnc3c(c2)CN(c2cncc(OC)c2)CC3)nc1. The van der Waals surface area contributed by atoms with E-state index in [2.05, 4.69) is 25.9 Å². The maximum atomic E-state index is 5.89. The Kier molecular flexibility index (Phi) is 5.23. The van der Waals surface area contributed by atoms with Gasteiger partial charge in [0.1, 0.15) is 23.9 Å². The van der Waals surface area contributed by atoms with Gasteiger partial charge in [0.25, 0.3) is 0 Å². The highest BCUT2D eigenvalue weighted by Gasteiger charge is 2.19. The first-order chi connectivity index (χ1) is 13.7. The van der Waals surface area contributed by atoms with Crippen LogP contribution in [0.2, 0.25) is 0 Å². The number of rotatable bonds is 6. The topological polar surface area (TPSA) is 69.6 Å². The van der Waals surface area contributed by atoms with Crippen molar-refractivity contribution in [2.75, 3.05) is 25.7 Å². The first-order valence-corrected chi connectivity index (χ1v) is 9.08. The summed E-state index contributed by atoms with van der Waals surface area (Å²) < 4.78 is 16.3. The number of nitrogens with zero attached hydrogens (tertiary/aromatic N) is 4. The molecule has 7 nitrogen and oxygen atoms in total. The Morgan fingerprint density at radius 1 is 0.929 bits per heavy atom. The molecule has 0 unspecified atom stereocenters. The van der Waals surface area contributed by atoms with E-state index in [1.54, 1.807) is 32.8 Å². The Bertz CT molecular complexity index is 947. The van der Waals surface area contributed by atoms with Crippen molar-refractivity contribution in [3.63, 3.8) is 0 Å². The predicted molar refractivity (Wildman–Crippen MR) is 105 cm³/mol. The molecule has 0 aliphatic carbocycles. The van der Waals surface area contributed by atoms with Gasteiger partial charge in [-0.15, -0.1) is 0 Å². The molecule has 4 heterocycles. The standard InChI is InChI=1S/C21H22N4O3/c1-26-18-4-3-16(23-11-18)14-28-20-7-15-13-25(6-5-21(15)24-12-20)17-8-19(27-2)10-22-9-17/h3-4,7-12H,5-6,13-14H2,1-2H3. The summed E-state index contributed by atoms with van der Waals surface area (Å²) in [4.78, 5) is 15.4. The molecular formula is C21H22N4O3. The van der Waals surface area contributed by atoms with Crippen LogP contribution in [-0.4, -0.2) is 35.7 Å². The van der Waals surface area contributed by atoms with Crippen LogP contribution in [0.15, 0.2) is 49.1 Å². The van der Waals surface area contributed by atoms with Crippen molar-refractivity contribution in [1.82, 2.24) is 15.0 Å². The number of hydrogen-bond donors (Lipinski definition) is 0. The van der Waals surface area contributed by atoms with E-state index >= 15 is 0 Å². The van der Waals surface area contributed by atoms with E-state index in [4.69, 9.17) is 14.2 Å². The summed E-state index contributed by atoms with van der Waals surface area (Å²) in [5, 5.41) is 0. The van der Waals surface area contributed by atoms with E-state index in [0.29, 0.717) is 6.61 Å². The van der Waals surface area contributed by atoms with Crippen molar-refractivity contribution in [2.45, 2.75) is 19.6 Å². The number of fused-ring (bicyclic) bond motifs is 1. The van der Waals surface area contributed by atoms with E-state index in [0.717, 1.165) is 59.4 Å². The largest absolute Gasteiger partial charge is 0.495 e. The van der Waals surface area contributed by atoms with Gasteiger partial charge in [-0.05, 0) is 23.8 Å². The summed E-state index contributed by atoms with van der Waals surface area (Å²) in [5.41, 5.74) is 4.15. The Morgan fingerprint density at radius 3 is 2.57 bits per heavy atom. The van der Waals surface area contributed by atoms with Gasteiger partial charge in [-0.2, -0.15) is 0 Å². The molecular weight excluding hydrogens is 356 g/mol. The molecule has 3 aromatic rings. The summed E-state index contributed by atoms with van der Waals surface area (Å²) in [6.45, 7) is 2.04. The highest BCUT2D eigenvalue weighted by molar-refractivity contribution is 5.50. The smallest absolute Gasteiger partial charge is 0.139 e. The van der Waals surface area contributed by atoms with Gasteiger partial charge in [0, 0.05) is 31.3 Å². The summed E-state index contributed by atoms with van der Waals surface area (Å²) in [6.07, 6.45) is 7.92. The zero-order valence-electron chi connectivity index (χ0n) is 16.0. The van der Waals surface area contributed by atoms with E-state index in [1.807, 2.05) is 24.4 Å². The Morgan fingerprint density at radius 2 is 1.79 bits per heavy atom. The van der Waals surface area contributed by atoms with Gasteiger partial charge in [-0.25, -0.2) is 0 Å². The quantitative estimate of drug-likeness (QED) is 0.653. The first kappa shape index (κ1) is 18.0. The minimum Gasteiger partial charge on any atom is -0.495 e. The van der Waals surface area contributed by atoms with Crippen molar-refractivity contribution < 1.29 is 14.2 Å². The monoisotopic (exact) mass is 378 g/mol. The highest BCUT2D eigenvalue weighted by atomic mass is 16.5. The molecule has 7 heteroatoms. The summed E-state index contributed by atoms with van der Waals surface area (Å²) in [5.74, 6) is 2.22. The van der Waals surface area contributed by atoms with Crippen molar-refractivity contribution in [1.29, 1.82) is 0 Å². The molecule has 3 aromatic heterocycles. The molecule has 0 atom stereocenters. The fraction of sp³-hybridized carbons (Fsp3) is 0.286. The number of anilines is 1. The zero-order valence-corrected chi connectivity index (χ0v) is 16.0.